The van der Waals surface area contributed by atoms with Gasteiger partial charge >= 0.3 is 0 Å². The molecule has 0 unspecified atom stereocenters. The Morgan fingerprint density at radius 2 is 2.19 bits per heavy atom. The van der Waals surface area contributed by atoms with E-state index in [4.69, 9.17) is 0 Å². The van der Waals surface area contributed by atoms with Crippen LogP contribution in [-0.4, -0.2) is 14.7 Å². The lowest BCUT2D eigenvalue weighted by Gasteiger charge is -2.10. The van der Waals surface area contributed by atoms with E-state index in [1.54, 1.807) is 6.33 Å². The Morgan fingerprint density at radius 1 is 1.38 bits per heavy atom. The van der Waals surface area contributed by atoms with Crippen molar-refractivity contribution in [2.24, 2.45) is 7.05 Å². The third-order valence-corrected chi connectivity index (χ3v) is 2.56. The summed E-state index contributed by atoms with van der Waals surface area (Å²) in [6.45, 7) is 0.752. The van der Waals surface area contributed by atoms with Crippen molar-refractivity contribution in [2.45, 2.75) is 13.2 Å². The molecule has 0 aliphatic heterocycles. The second kappa shape index (κ2) is 4.81. The quantitative estimate of drug-likeness (QED) is 0.816. The predicted molar refractivity (Wildman–Crippen MR) is 62.9 cm³/mol. The molecule has 0 amide bonds. The summed E-state index contributed by atoms with van der Waals surface area (Å²) in [5, 5.41) is 12.5. The van der Waals surface area contributed by atoms with Crippen molar-refractivity contribution < 1.29 is 5.11 Å². The largest absolute Gasteiger partial charge is 0.392 e. The van der Waals surface area contributed by atoms with Gasteiger partial charge in [-0.3, -0.25) is 0 Å². The standard InChI is InChI=1S/C12H15N3O/c1-15-9-13-6-11(15)7-14-12-5-3-2-4-10(12)8-16/h2-6,9,14,16H,7-8H2,1H3. The zero-order valence-corrected chi connectivity index (χ0v) is 9.22. The van der Waals surface area contributed by atoms with Crippen LogP contribution in [0.4, 0.5) is 5.69 Å². The number of hydrogen-bond donors (Lipinski definition) is 2. The van der Waals surface area contributed by atoms with E-state index in [0.717, 1.165) is 16.9 Å². The third kappa shape index (κ3) is 2.23. The van der Waals surface area contributed by atoms with Crippen molar-refractivity contribution in [2.75, 3.05) is 5.32 Å². The van der Waals surface area contributed by atoms with E-state index in [1.165, 1.54) is 0 Å². The van der Waals surface area contributed by atoms with Gasteiger partial charge < -0.3 is 15.0 Å². The highest BCUT2D eigenvalue weighted by atomic mass is 16.3. The second-order valence-electron chi connectivity index (χ2n) is 3.66. The van der Waals surface area contributed by atoms with E-state index < -0.39 is 0 Å². The normalized spacial score (nSPS) is 10.4. The predicted octanol–water partition coefficient (Wildman–Crippen LogP) is 1.52. The first-order valence-corrected chi connectivity index (χ1v) is 5.19. The second-order valence-corrected chi connectivity index (χ2v) is 3.66. The molecule has 0 atom stereocenters. The molecule has 1 aromatic heterocycles. The van der Waals surface area contributed by atoms with E-state index in [0.29, 0.717) is 6.54 Å². The molecular formula is C12H15N3O. The molecular weight excluding hydrogens is 202 g/mol. The fourth-order valence-corrected chi connectivity index (χ4v) is 1.57. The number of aryl methyl sites for hydroxylation is 1. The minimum absolute atomic E-state index is 0.0502. The summed E-state index contributed by atoms with van der Waals surface area (Å²) >= 11 is 0. The van der Waals surface area contributed by atoms with Gasteiger partial charge in [0.05, 0.1) is 25.2 Å². The number of aliphatic hydroxyl groups excluding tert-OH is 1. The van der Waals surface area contributed by atoms with Crippen LogP contribution in [0.1, 0.15) is 11.3 Å². The number of para-hydroxylation sites is 1. The Kier molecular flexibility index (Phi) is 3.22. The first-order chi connectivity index (χ1) is 7.81. The highest BCUT2D eigenvalue weighted by molar-refractivity contribution is 5.50. The van der Waals surface area contributed by atoms with Gasteiger partial charge in [0.25, 0.3) is 0 Å². The zero-order chi connectivity index (χ0) is 11.4. The Labute approximate surface area is 94.6 Å². The van der Waals surface area contributed by atoms with Crippen molar-refractivity contribution in [1.82, 2.24) is 9.55 Å². The van der Waals surface area contributed by atoms with Gasteiger partial charge in [-0.25, -0.2) is 4.98 Å². The monoisotopic (exact) mass is 217 g/mol. The highest BCUT2D eigenvalue weighted by Gasteiger charge is 2.01. The molecule has 0 aliphatic rings. The van der Waals surface area contributed by atoms with Crippen LogP contribution in [0.2, 0.25) is 0 Å². The van der Waals surface area contributed by atoms with Crippen LogP contribution in [0.3, 0.4) is 0 Å². The lowest BCUT2D eigenvalue weighted by atomic mass is 10.2. The van der Waals surface area contributed by atoms with Crippen LogP contribution < -0.4 is 5.32 Å². The smallest absolute Gasteiger partial charge is 0.0946 e. The Bertz CT molecular complexity index is 465. The molecule has 84 valence electrons. The van der Waals surface area contributed by atoms with E-state index in [2.05, 4.69) is 10.3 Å². The van der Waals surface area contributed by atoms with Crippen molar-refractivity contribution in [3.05, 3.63) is 48.0 Å². The number of aromatic nitrogens is 2. The number of imidazole rings is 1. The van der Waals surface area contributed by atoms with Gasteiger partial charge in [-0.2, -0.15) is 0 Å². The van der Waals surface area contributed by atoms with Gasteiger partial charge in [0.1, 0.15) is 0 Å². The molecule has 0 fully saturated rings. The summed E-state index contributed by atoms with van der Waals surface area (Å²) in [6, 6.07) is 7.74. The molecule has 0 saturated carbocycles. The summed E-state index contributed by atoms with van der Waals surface area (Å²) in [5.41, 5.74) is 2.98. The first-order valence-electron chi connectivity index (χ1n) is 5.19. The third-order valence-electron chi connectivity index (χ3n) is 2.56. The van der Waals surface area contributed by atoms with Crippen molar-refractivity contribution >= 4 is 5.69 Å². The molecule has 4 nitrogen and oxygen atoms in total. The molecule has 1 aromatic carbocycles. The van der Waals surface area contributed by atoms with Crippen LogP contribution >= 0.6 is 0 Å². The molecule has 2 aromatic rings. The summed E-state index contributed by atoms with van der Waals surface area (Å²) in [6.07, 6.45) is 3.60. The average Bonchev–Trinajstić information content (AvgIpc) is 2.72. The van der Waals surface area contributed by atoms with Crippen LogP contribution in [0.15, 0.2) is 36.8 Å². The minimum Gasteiger partial charge on any atom is -0.392 e. The summed E-state index contributed by atoms with van der Waals surface area (Å²) in [7, 11) is 1.96. The fraction of sp³-hybridized carbons (Fsp3) is 0.250. The number of benzene rings is 1. The Hall–Kier alpha value is -1.81. The van der Waals surface area contributed by atoms with Gasteiger partial charge in [-0.05, 0) is 6.07 Å². The first kappa shape index (κ1) is 10.7. The van der Waals surface area contributed by atoms with Crippen molar-refractivity contribution in [3.8, 4) is 0 Å². The minimum atomic E-state index is 0.0502. The van der Waals surface area contributed by atoms with E-state index in [-0.39, 0.29) is 6.61 Å². The topological polar surface area (TPSA) is 50.1 Å². The molecule has 0 aliphatic carbocycles. The lowest BCUT2D eigenvalue weighted by molar-refractivity contribution is 0.282. The van der Waals surface area contributed by atoms with Gasteiger partial charge in [0.2, 0.25) is 0 Å². The highest BCUT2D eigenvalue weighted by Crippen LogP contribution is 2.15. The summed E-state index contributed by atoms with van der Waals surface area (Å²) in [5.74, 6) is 0. The number of nitrogens with one attached hydrogen (secondary N) is 1. The molecule has 0 radical (unpaired) electrons. The number of anilines is 1. The number of nitrogens with zero attached hydrogens (tertiary/aromatic N) is 2. The molecule has 0 bridgehead atoms. The van der Waals surface area contributed by atoms with Gasteiger partial charge in [-0.15, -0.1) is 0 Å². The van der Waals surface area contributed by atoms with E-state index in [9.17, 15) is 5.11 Å². The van der Waals surface area contributed by atoms with Gasteiger partial charge in [0, 0.05) is 24.5 Å². The maximum atomic E-state index is 9.17. The van der Waals surface area contributed by atoms with E-state index >= 15 is 0 Å². The SMILES string of the molecule is Cn1cncc1CNc1ccccc1CO. The maximum Gasteiger partial charge on any atom is 0.0946 e. The van der Waals surface area contributed by atoms with Crippen LogP contribution in [0.25, 0.3) is 0 Å². The maximum absolute atomic E-state index is 9.17. The lowest BCUT2D eigenvalue weighted by Crippen LogP contribution is -2.05. The number of hydrogen-bond acceptors (Lipinski definition) is 3. The molecule has 16 heavy (non-hydrogen) atoms. The summed E-state index contributed by atoms with van der Waals surface area (Å²) < 4.78 is 1.97. The molecule has 0 spiro atoms. The van der Waals surface area contributed by atoms with Crippen LogP contribution in [-0.2, 0) is 20.2 Å². The van der Waals surface area contributed by atoms with E-state index in [1.807, 2.05) is 42.1 Å². The zero-order valence-electron chi connectivity index (χ0n) is 9.22. The van der Waals surface area contributed by atoms with Crippen LogP contribution in [0.5, 0.6) is 0 Å². The Balaban J connectivity index is 2.07. The molecule has 1 heterocycles. The fourth-order valence-electron chi connectivity index (χ4n) is 1.57. The molecule has 4 heteroatoms. The van der Waals surface area contributed by atoms with Crippen molar-refractivity contribution in [1.29, 1.82) is 0 Å². The average molecular weight is 217 g/mol. The van der Waals surface area contributed by atoms with Crippen LogP contribution in [0, 0.1) is 0 Å². The molecule has 2 N–H and O–H groups in total. The van der Waals surface area contributed by atoms with Gasteiger partial charge in [-0.1, -0.05) is 18.2 Å². The number of rotatable bonds is 4. The Morgan fingerprint density at radius 3 is 2.88 bits per heavy atom. The van der Waals surface area contributed by atoms with Crippen molar-refractivity contribution in [3.63, 3.8) is 0 Å². The molecule has 2 rings (SSSR count). The van der Waals surface area contributed by atoms with Gasteiger partial charge in [0.15, 0.2) is 0 Å². The number of aliphatic hydroxyl groups is 1. The summed E-state index contributed by atoms with van der Waals surface area (Å²) in [4.78, 5) is 4.05. The molecule has 0 saturated heterocycles.